The lowest BCUT2D eigenvalue weighted by Gasteiger charge is -2.23. The van der Waals surface area contributed by atoms with Gasteiger partial charge in [0.2, 0.25) is 0 Å². The van der Waals surface area contributed by atoms with E-state index < -0.39 is 27.8 Å². The van der Waals surface area contributed by atoms with Gasteiger partial charge in [-0.05, 0) is 110 Å². The Morgan fingerprint density at radius 1 is 0.841 bits per heavy atom. The van der Waals surface area contributed by atoms with Crippen LogP contribution in [0.5, 0.6) is 23.0 Å². The van der Waals surface area contributed by atoms with E-state index in [0.29, 0.717) is 45.8 Å². The average Bonchev–Trinajstić information content (AvgIpc) is 3.33. The van der Waals surface area contributed by atoms with Gasteiger partial charge in [0.05, 0.1) is 32.5 Å². The second-order valence-electron chi connectivity index (χ2n) is 13.8. The number of urea groups is 1. The van der Waals surface area contributed by atoms with Crippen LogP contribution in [0, 0.1) is 9.69 Å². The fourth-order valence-electron chi connectivity index (χ4n) is 4.83. The van der Waals surface area contributed by atoms with E-state index in [2.05, 4.69) is 48.1 Å². The number of hydrogen-bond acceptors (Lipinski definition) is 17. The molecule has 18 nitrogen and oxygen atoms in total. The molecule has 0 saturated heterocycles. The first-order chi connectivity index (χ1) is 32.7. The summed E-state index contributed by atoms with van der Waals surface area (Å²) in [5.41, 5.74) is 6.57. The van der Waals surface area contributed by atoms with Crippen LogP contribution in [-0.4, -0.2) is 149 Å². The van der Waals surface area contributed by atoms with Gasteiger partial charge in [0.1, 0.15) is 14.7 Å². The molecule has 2 aromatic carbocycles. The number of hydrogen-bond donors (Lipinski definition) is 6. The molecule has 2 aromatic rings. The van der Waals surface area contributed by atoms with Crippen molar-refractivity contribution >= 4 is 123 Å². The van der Waals surface area contributed by atoms with E-state index in [1.165, 1.54) is 38.5 Å². The first-order valence-electron chi connectivity index (χ1n) is 21.5. The Bertz CT molecular complexity index is 1980. The summed E-state index contributed by atoms with van der Waals surface area (Å²) >= 11 is 21.3. The molecule has 2 amide bonds. The van der Waals surface area contributed by atoms with E-state index in [4.69, 9.17) is 72.7 Å². The number of nitroso groups, excluding NO2 is 1. The van der Waals surface area contributed by atoms with E-state index in [-0.39, 0.29) is 54.1 Å². The second-order valence-corrected chi connectivity index (χ2v) is 20.4. The molecule has 0 radical (unpaired) electrons. The monoisotopic (exact) mass is 1100 g/mol. The van der Waals surface area contributed by atoms with Gasteiger partial charge < -0.3 is 45.6 Å². The predicted octanol–water partition coefficient (Wildman–Crippen LogP) is 8.78. The maximum atomic E-state index is 11.9. The predicted molar refractivity (Wildman–Crippen MR) is 291 cm³/mol. The average molecular weight is 1100 g/mol. The molecule has 2 unspecified atom stereocenters. The van der Waals surface area contributed by atoms with E-state index in [0.717, 1.165) is 47.7 Å². The van der Waals surface area contributed by atoms with Gasteiger partial charge in [-0.3, -0.25) is 19.2 Å². The van der Waals surface area contributed by atoms with E-state index >= 15 is 0 Å². The van der Waals surface area contributed by atoms with Crippen LogP contribution in [0.1, 0.15) is 71.4 Å². The molecule has 0 bridgehead atoms. The molecule has 0 saturated carbocycles. The zero-order chi connectivity index (χ0) is 53.0. The molecule has 2 rings (SSSR count). The summed E-state index contributed by atoms with van der Waals surface area (Å²) in [5, 5.41) is 33.1. The number of carbonyl (C=O) groups excluding carboxylic acids is 3. The SMILES string of the molecule is CCCCS(=N)(=O)CCC(N)C(=O)O.CCN(CC)C(=S)SSC(=S)N(CC)CC.COc1cc(/C=C/C(=O)CC(=O)/C=C/c2ccc(O)c(OC)c2)ccc1O.O=NN(CCCl)C(=O)NCCCl. The number of nitrogens with two attached hydrogens (primary N) is 1. The van der Waals surface area contributed by atoms with Crippen LogP contribution in [0.25, 0.3) is 12.2 Å². The largest absolute Gasteiger partial charge is 0.504 e. The molecule has 0 aliphatic rings. The topological polar surface area (TPSA) is 266 Å². The van der Waals surface area contributed by atoms with Crippen molar-refractivity contribution in [3.63, 3.8) is 0 Å². The lowest BCUT2D eigenvalue weighted by Crippen LogP contribution is -2.38. The Kier molecular flexibility index (Phi) is 38.3. The van der Waals surface area contributed by atoms with Crippen molar-refractivity contribution in [1.29, 1.82) is 4.78 Å². The standard InChI is InChI=1S/C21H20O6.C10H20N2S4.C8H18N2O3S.C5H9Cl2N3O2/c1-26-20-11-14(5-9-18(20)24)3-7-16(22)13-17(23)8-4-15-6-10-19(25)21(12-15)27-2;1-5-11(6-2)9(13)15-16-10(14)12(7-3)8-4;1-2-3-5-14(10,13)6-4-7(9)8(11)12;6-1-3-8-5(11)10(9-12)4-2-7/h3-12,24-25H,13H2,1-2H3;5-8H2,1-4H3;7,10H,2-6,9H2,1H3,(H,11,12);1-4H2,(H,8,11)/b7-3+,8-4+;;;. The molecule has 0 fully saturated rings. The van der Waals surface area contributed by atoms with Gasteiger partial charge in [0, 0.05) is 65.7 Å². The highest BCUT2D eigenvalue weighted by molar-refractivity contribution is 8.89. The highest BCUT2D eigenvalue weighted by atomic mass is 35.5. The molecule has 69 heavy (non-hydrogen) atoms. The number of halogens is 2. The van der Waals surface area contributed by atoms with Gasteiger partial charge in [-0.15, -0.1) is 28.1 Å². The smallest absolute Gasteiger partial charge is 0.340 e. The number of carboxylic acid groups (broad SMARTS) is 1. The third-order valence-corrected chi connectivity index (χ3v) is 14.7. The summed E-state index contributed by atoms with van der Waals surface area (Å²) in [4.78, 5) is 59.5. The molecule has 7 N–H and O–H groups in total. The van der Waals surface area contributed by atoms with Gasteiger partial charge in [-0.1, -0.05) is 62.1 Å². The van der Waals surface area contributed by atoms with Gasteiger partial charge in [0.25, 0.3) is 0 Å². The molecule has 0 heterocycles. The first kappa shape index (κ1) is 66.9. The molecule has 0 aliphatic carbocycles. The second kappa shape index (κ2) is 39.5. The van der Waals surface area contributed by atoms with E-state index in [1.807, 2.05) is 6.92 Å². The van der Waals surface area contributed by atoms with Crippen molar-refractivity contribution in [3.8, 4) is 23.0 Å². The normalized spacial score (nSPS) is 11.7. The maximum absolute atomic E-state index is 11.9. The molecule has 388 valence electrons. The third kappa shape index (κ3) is 30.9. The number of carbonyl (C=O) groups is 4. The number of rotatable bonds is 24. The summed E-state index contributed by atoms with van der Waals surface area (Å²) in [7, 11) is 3.43. The summed E-state index contributed by atoms with van der Waals surface area (Å²) in [6, 6.07) is 7.77. The van der Waals surface area contributed by atoms with Crippen molar-refractivity contribution in [3.05, 3.63) is 64.6 Å². The number of phenols is 2. The number of benzene rings is 2. The zero-order valence-corrected chi connectivity index (χ0v) is 45.6. The Morgan fingerprint density at radius 2 is 1.29 bits per heavy atom. The number of thiocarbonyl (C=S) groups is 2. The fraction of sp³-hybridized carbons (Fsp3) is 0.500. The van der Waals surface area contributed by atoms with Crippen LogP contribution in [-0.2, 0) is 24.1 Å². The van der Waals surface area contributed by atoms with Crippen LogP contribution in [0.4, 0.5) is 4.79 Å². The van der Waals surface area contributed by atoms with Crippen LogP contribution in [0.3, 0.4) is 0 Å². The number of nitrogens with one attached hydrogen (secondary N) is 2. The van der Waals surface area contributed by atoms with Gasteiger partial charge in [-0.25, -0.2) is 9.00 Å². The number of amides is 2. The molecule has 25 heteroatoms. The number of aromatic hydroxyl groups is 2. The van der Waals surface area contributed by atoms with Crippen LogP contribution in [0.2, 0.25) is 0 Å². The van der Waals surface area contributed by atoms with Gasteiger partial charge in [-0.2, -0.15) is 5.01 Å². The van der Waals surface area contributed by atoms with Crippen LogP contribution >= 0.6 is 69.2 Å². The van der Waals surface area contributed by atoms with Crippen molar-refractivity contribution in [2.45, 2.75) is 66.3 Å². The number of unbranched alkanes of at least 4 members (excludes halogenated alkanes) is 1. The summed E-state index contributed by atoms with van der Waals surface area (Å²) < 4.78 is 30.8. The van der Waals surface area contributed by atoms with Crippen molar-refractivity contribution in [2.24, 2.45) is 11.0 Å². The van der Waals surface area contributed by atoms with Crippen LogP contribution < -0.4 is 20.5 Å². The van der Waals surface area contributed by atoms with E-state index in [9.17, 15) is 38.5 Å². The molecular formula is C44H67Cl2N7O11S5. The van der Waals surface area contributed by atoms with Gasteiger partial charge in [0.15, 0.2) is 34.6 Å². The quantitative estimate of drug-likeness (QED) is 0.0109. The minimum atomic E-state index is -2.62. The highest BCUT2D eigenvalue weighted by Crippen LogP contribution is 2.29. The lowest BCUT2D eigenvalue weighted by molar-refractivity contribution is -0.138. The maximum Gasteiger partial charge on any atom is 0.340 e. The number of ketones is 2. The Balaban J connectivity index is 0. The Morgan fingerprint density at radius 3 is 1.64 bits per heavy atom. The number of aliphatic carboxylic acids is 1. The highest BCUT2D eigenvalue weighted by Gasteiger charge is 2.16. The number of ether oxygens (including phenoxy) is 2. The summed E-state index contributed by atoms with van der Waals surface area (Å²) in [6.45, 7) is 14.6. The van der Waals surface area contributed by atoms with Crippen molar-refractivity contribution < 1.29 is 48.2 Å². The molecule has 0 aromatic heterocycles. The molecular weight excluding hydrogens is 1030 g/mol. The number of nitrogens with zero attached hydrogens (tertiary/aromatic N) is 4. The molecule has 2 atom stereocenters. The minimum Gasteiger partial charge on any atom is -0.504 e. The number of alkyl halides is 2. The van der Waals surface area contributed by atoms with Gasteiger partial charge >= 0.3 is 12.0 Å². The van der Waals surface area contributed by atoms with E-state index in [1.54, 1.807) is 58.0 Å². The fourth-order valence-corrected chi connectivity index (χ4v) is 9.74. The number of phenolic OH excluding ortho intramolecular Hbond substituents is 2. The van der Waals surface area contributed by atoms with Crippen LogP contribution in [0.15, 0.2) is 53.8 Å². The summed E-state index contributed by atoms with van der Waals surface area (Å²) in [5.74, 6) is -0.300. The summed E-state index contributed by atoms with van der Waals surface area (Å²) in [6.07, 6.45) is 7.19. The third-order valence-electron chi connectivity index (χ3n) is 8.81. The Hall–Kier alpha value is -4.23. The molecule has 0 spiro atoms. The number of carboxylic acids is 1. The van der Waals surface area contributed by atoms with Crippen molar-refractivity contribution in [2.75, 3.05) is 76.8 Å². The molecule has 0 aliphatic heterocycles. The number of allylic oxidation sites excluding steroid dienone is 2. The number of methoxy groups -OCH3 is 2. The minimum absolute atomic E-state index is 0.00662. The van der Waals surface area contributed by atoms with Crippen molar-refractivity contribution in [1.82, 2.24) is 20.1 Å². The first-order valence-corrected chi connectivity index (χ1v) is 27.4. The zero-order valence-electron chi connectivity index (χ0n) is 40.0. The lowest BCUT2D eigenvalue weighted by atomic mass is 10.1. The Labute approximate surface area is 435 Å².